The molecule has 0 radical (unpaired) electrons. The van der Waals surface area contributed by atoms with E-state index in [9.17, 15) is 0 Å². The Morgan fingerprint density at radius 2 is 1.95 bits per heavy atom. The molecule has 4 nitrogen and oxygen atoms in total. The number of aromatic nitrogens is 3. The summed E-state index contributed by atoms with van der Waals surface area (Å²) in [7, 11) is 0. The minimum atomic E-state index is 0.519. The van der Waals surface area contributed by atoms with Gasteiger partial charge in [0.15, 0.2) is 0 Å². The minimum Gasteiger partial charge on any atom is -0.328 e. The Morgan fingerprint density at radius 1 is 1.15 bits per heavy atom. The van der Waals surface area contributed by atoms with Crippen molar-refractivity contribution in [1.29, 1.82) is 0 Å². The standard InChI is InChI=1S/C16H18N4/c1-2-20-15-6-4-3-5-14(15)19-16(20)8-12-7-13(9-17)11-18-10-12/h3-7,10-11H,2,8-9,17H2,1H3. The molecule has 3 aromatic rings. The van der Waals surface area contributed by atoms with Crippen LogP contribution in [-0.2, 0) is 19.5 Å². The molecule has 4 heteroatoms. The van der Waals surface area contributed by atoms with Gasteiger partial charge < -0.3 is 10.3 Å². The van der Waals surface area contributed by atoms with Crippen molar-refractivity contribution < 1.29 is 0 Å². The average Bonchev–Trinajstić information content (AvgIpc) is 2.84. The lowest BCUT2D eigenvalue weighted by Crippen LogP contribution is -2.04. The van der Waals surface area contributed by atoms with Crippen LogP contribution in [0.3, 0.4) is 0 Å². The maximum Gasteiger partial charge on any atom is 0.114 e. The number of hydrogen-bond acceptors (Lipinski definition) is 3. The molecule has 0 saturated carbocycles. The van der Waals surface area contributed by atoms with E-state index in [2.05, 4.69) is 40.7 Å². The highest BCUT2D eigenvalue weighted by Crippen LogP contribution is 2.18. The number of nitrogens with zero attached hydrogens (tertiary/aromatic N) is 3. The zero-order chi connectivity index (χ0) is 13.9. The van der Waals surface area contributed by atoms with E-state index in [0.717, 1.165) is 35.4 Å². The number of aryl methyl sites for hydroxylation is 1. The molecule has 0 fully saturated rings. The molecule has 1 aromatic carbocycles. The van der Waals surface area contributed by atoms with E-state index in [4.69, 9.17) is 10.7 Å². The number of para-hydroxylation sites is 2. The van der Waals surface area contributed by atoms with Crippen molar-refractivity contribution in [2.45, 2.75) is 26.4 Å². The van der Waals surface area contributed by atoms with E-state index in [1.807, 2.05) is 18.5 Å². The predicted molar refractivity (Wildman–Crippen MR) is 80.3 cm³/mol. The molecule has 0 bridgehead atoms. The van der Waals surface area contributed by atoms with Gasteiger partial charge >= 0.3 is 0 Å². The quantitative estimate of drug-likeness (QED) is 0.789. The van der Waals surface area contributed by atoms with Crippen LogP contribution in [0.1, 0.15) is 23.9 Å². The number of pyridine rings is 1. The van der Waals surface area contributed by atoms with Crippen molar-refractivity contribution in [3.63, 3.8) is 0 Å². The van der Waals surface area contributed by atoms with Crippen LogP contribution >= 0.6 is 0 Å². The first-order valence-corrected chi connectivity index (χ1v) is 6.89. The fraction of sp³-hybridized carbons (Fsp3) is 0.250. The molecule has 102 valence electrons. The van der Waals surface area contributed by atoms with Gasteiger partial charge in [0.1, 0.15) is 5.82 Å². The molecular formula is C16H18N4. The number of rotatable bonds is 4. The van der Waals surface area contributed by atoms with Gasteiger partial charge in [0.2, 0.25) is 0 Å². The molecule has 2 N–H and O–H groups in total. The summed E-state index contributed by atoms with van der Waals surface area (Å²) in [5.74, 6) is 1.07. The molecule has 0 aliphatic carbocycles. The molecule has 0 aliphatic rings. The van der Waals surface area contributed by atoms with E-state index >= 15 is 0 Å². The van der Waals surface area contributed by atoms with E-state index < -0.39 is 0 Å². The molecular weight excluding hydrogens is 248 g/mol. The SMILES string of the molecule is CCn1c(Cc2cncc(CN)c2)nc2ccccc21. The topological polar surface area (TPSA) is 56.7 Å². The Bertz CT molecular complexity index is 730. The van der Waals surface area contributed by atoms with Gasteiger partial charge in [-0.15, -0.1) is 0 Å². The summed E-state index contributed by atoms with van der Waals surface area (Å²) in [5, 5.41) is 0. The van der Waals surface area contributed by atoms with Crippen LogP contribution < -0.4 is 5.73 Å². The van der Waals surface area contributed by atoms with Crippen LogP contribution in [0.5, 0.6) is 0 Å². The molecule has 20 heavy (non-hydrogen) atoms. The Hall–Kier alpha value is -2.20. The number of imidazole rings is 1. The van der Waals surface area contributed by atoms with Gasteiger partial charge in [-0.05, 0) is 30.2 Å². The summed E-state index contributed by atoms with van der Waals surface area (Å²) < 4.78 is 2.25. The summed E-state index contributed by atoms with van der Waals surface area (Å²) in [6, 6.07) is 10.3. The van der Waals surface area contributed by atoms with Gasteiger partial charge in [-0.2, -0.15) is 0 Å². The van der Waals surface area contributed by atoms with Gasteiger partial charge in [0.25, 0.3) is 0 Å². The van der Waals surface area contributed by atoms with Gasteiger partial charge in [-0.25, -0.2) is 4.98 Å². The van der Waals surface area contributed by atoms with Gasteiger partial charge in [-0.1, -0.05) is 18.2 Å². The summed E-state index contributed by atoms with van der Waals surface area (Å²) in [6.45, 7) is 3.58. The lowest BCUT2D eigenvalue weighted by Gasteiger charge is -2.06. The van der Waals surface area contributed by atoms with Crippen molar-refractivity contribution in [1.82, 2.24) is 14.5 Å². The van der Waals surface area contributed by atoms with Crippen LogP contribution in [0.4, 0.5) is 0 Å². The number of hydrogen-bond donors (Lipinski definition) is 1. The molecule has 0 aliphatic heterocycles. The summed E-state index contributed by atoms with van der Waals surface area (Å²) in [4.78, 5) is 8.98. The zero-order valence-electron chi connectivity index (χ0n) is 11.6. The van der Waals surface area contributed by atoms with Gasteiger partial charge in [0.05, 0.1) is 11.0 Å². The van der Waals surface area contributed by atoms with Crippen molar-refractivity contribution >= 4 is 11.0 Å². The Balaban J connectivity index is 2.01. The fourth-order valence-corrected chi connectivity index (χ4v) is 2.55. The third kappa shape index (κ3) is 2.30. The maximum atomic E-state index is 5.67. The molecule has 3 rings (SSSR count). The first kappa shape index (κ1) is 12.8. The number of benzene rings is 1. The van der Waals surface area contributed by atoms with Crippen LogP contribution in [-0.4, -0.2) is 14.5 Å². The second-order valence-electron chi connectivity index (χ2n) is 4.84. The third-order valence-electron chi connectivity index (χ3n) is 3.50. The molecule has 0 saturated heterocycles. The fourth-order valence-electron chi connectivity index (χ4n) is 2.55. The largest absolute Gasteiger partial charge is 0.328 e. The Labute approximate surface area is 118 Å². The Kier molecular flexibility index (Phi) is 3.48. The predicted octanol–water partition coefficient (Wildman–Crippen LogP) is 2.50. The van der Waals surface area contributed by atoms with E-state index in [-0.39, 0.29) is 0 Å². The smallest absolute Gasteiger partial charge is 0.114 e. The van der Waals surface area contributed by atoms with Crippen LogP contribution in [0.25, 0.3) is 11.0 Å². The summed E-state index contributed by atoms with van der Waals surface area (Å²) >= 11 is 0. The molecule has 0 amide bonds. The second-order valence-corrected chi connectivity index (χ2v) is 4.84. The first-order valence-electron chi connectivity index (χ1n) is 6.89. The first-order chi connectivity index (χ1) is 9.81. The highest BCUT2D eigenvalue weighted by molar-refractivity contribution is 5.76. The van der Waals surface area contributed by atoms with E-state index in [1.54, 1.807) is 0 Å². The summed E-state index contributed by atoms with van der Waals surface area (Å²) in [6.07, 6.45) is 4.48. The lowest BCUT2D eigenvalue weighted by molar-refractivity contribution is 0.732. The van der Waals surface area contributed by atoms with E-state index in [0.29, 0.717) is 6.54 Å². The van der Waals surface area contributed by atoms with Gasteiger partial charge in [-0.3, -0.25) is 4.98 Å². The summed E-state index contributed by atoms with van der Waals surface area (Å²) in [5.41, 5.74) is 10.1. The molecule has 2 heterocycles. The lowest BCUT2D eigenvalue weighted by atomic mass is 10.1. The minimum absolute atomic E-state index is 0.519. The third-order valence-corrected chi connectivity index (χ3v) is 3.50. The molecule has 0 atom stereocenters. The monoisotopic (exact) mass is 266 g/mol. The van der Waals surface area contributed by atoms with Gasteiger partial charge in [0, 0.05) is 31.9 Å². The van der Waals surface area contributed by atoms with Crippen LogP contribution in [0, 0.1) is 0 Å². The van der Waals surface area contributed by atoms with Crippen LogP contribution in [0.15, 0.2) is 42.7 Å². The highest BCUT2D eigenvalue weighted by Gasteiger charge is 2.09. The van der Waals surface area contributed by atoms with Crippen molar-refractivity contribution in [2.24, 2.45) is 5.73 Å². The van der Waals surface area contributed by atoms with Crippen molar-refractivity contribution in [3.8, 4) is 0 Å². The van der Waals surface area contributed by atoms with E-state index in [1.165, 1.54) is 5.52 Å². The Morgan fingerprint density at radius 3 is 2.75 bits per heavy atom. The van der Waals surface area contributed by atoms with Crippen LogP contribution in [0.2, 0.25) is 0 Å². The average molecular weight is 266 g/mol. The number of nitrogens with two attached hydrogens (primary N) is 1. The normalized spacial score (nSPS) is 11.1. The van der Waals surface area contributed by atoms with Crippen molar-refractivity contribution in [2.75, 3.05) is 0 Å². The second kappa shape index (κ2) is 5.43. The zero-order valence-corrected chi connectivity index (χ0v) is 11.6. The number of fused-ring (bicyclic) bond motifs is 1. The maximum absolute atomic E-state index is 5.67. The molecule has 0 unspecified atom stereocenters. The molecule has 0 spiro atoms. The highest BCUT2D eigenvalue weighted by atomic mass is 15.1. The van der Waals surface area contributed by atoms with Crippen molar-refractivity contribution in [3.05, 3.63) is 59.7 Å². The molecule has 2 aromatic heterocycles.